The third-order valence-electron chi connectivity index (χ3n) is 14.4. The number of anilines is 4. The van der Waals surface area contributed by atoms with Crippen LogP contribution in [-0.2, 0) is 31.3 Å². The molecular formula is C67H58N5OPd-3. The third-order valence-corrected chi connectivity index (χ3v) is 14.4. The summed E-state index contributed by atoms with van der Waals surface area (Å²) in [6.07, 6.45) is 1.92. The number of benzene rings is 8. The molecule has 0 amide bonds. The Hall–Kier alpha value is -7.69. The summed E-state index contributed by atoms with van der Waals surface area (Å²) in [7, 11) is 0. The molecule has 0 spiro atoms. The van der Waals surface area contributed by atoms with Crippen molar-refractivity contribution in [1.29, 1.82) is 0 Å². The van der Waals surface area contributed by atoms with Gasteiger partial charge in [0.15, 0.2) is 0 Å². The molecule has 0 radical (unpaired) electrons. The monoisotopic (exact) mass is 1050 g/mol. The van der Waals surface area contributed by atoms with Gasteiger partial charge in [0.05, 0.1) is 11.0 Å². The van der Waals surface area contributed by atoms with Gasteiger partial charge in [-0.05, 0) is 87.0 Å². The van der Waals surface area contributed by atoms with Gasteiger partial charge in [-0.15, -0.1) is 42.7 Å². The average Bonchev–Trinajstić information content (AvgIpc) is 4.07. The molecule has 0 unspecified atom stereocenters. The molecular weight excluding hydrogens is 997 g/mol. The molecule has 0 atom stereocenters. The van der Waals surface area contributed by atoms with Gasteiger partial charge in [0, 0.05) is 82.9 Å². The summed E-state index contributed by atoms with van der Waals surface area (Å²) >= 11 is 0. The fraction of sp³-hybridized carbons (Fsp3) is 0.164. The molecule has 0 saturated heterocycles. The molecule has 6 nitrogen and oxygen atoms in total. The van der Waals surface area contributed by atoms with Crippen LogP contribution in [-0.4, -0.2) is 14.1 Å². The van der Waals surface area contributed by atoms with Gasteiger partial charge < -0.3 is 23.7 Å². The molecule has 4 heterocycles. The molecule has 74 heavy (non-hydrogen) atoms. The first-order valence-corrected chi connectivity index (χ1v) is 25.4. The number of rotatable bonds is 9. The van der Waals surface area contributed by atoms with Gasteiger partial charge in [0.25, 0.3) is 0 Å². The fourth-order valence-electron chi connectivity index (χ4n) is 10.5. The summed E-state index contributed by atoms with van der Waals surface area (Å²) in [6, 6.07) is 74.7. The summed E-state index contributed by atoms with van der Waals surface area (Å²) < 4.78 is 11.5. The Kier molecular flexibility index (Phi) is 12.5. The number of hydrogen-bond donors (Lipinski definition) is 0. The molecule has 0 fully saturated rings. The summed E-state index contributed by atoms with van der Waals surface area (Å²) in [5, 5.41) is 2.18. The van der Waals surface area contributed by atoms with E-state index in [2.05, 4.69) is 263 Å². The molecule has 370 valence electrons. The predicted molar refractivity (Wildman–Crippen MR) is 303 cm³/mol. The Morgan fingerprint density at radius 1 is 0.527 bits per heavy atom. The van der Waals surface area contributed by atoms with Crippen molar-refractivity contribution in [3.63, 3.8) is 0 Å². The number of hydrogen-bond acceptors (Lipinski definition) is 4. The molecule has 1 aliphatic rings. The van der Waals surface area contributed by atoms with Crippen LogP contribution in [0.2, 0.25) is 0 Å². The Morgan fingerprint density at radius 2 is 1.14 bits per heavy atom. The van der Waals surface area contributed by atoms with Crippen LogP contribution in [0, 0.1) is 18.8 Å². The van der Waals surface area contributed by atoms with Crippen molar-refractivity contribution in [2.24, 2.45) is 0 Å². The zero-order valence-electron chi connectivity index (χ0n) is 43.1. The maximum Gasteiger partial charge on any atom is 0.135 e. The maximum absolute atomic E-state index is 6.84. The Balaban J connectivity index is 0.00000588. The van der Waals surface area contributed by atoms with E-state index >= 15 is 0 Å². The third kappa shape index (κ3) is 8.58. The summed E-state index contributed by atoms with van der Waals surface area (Å²) in [5.74, 6) is 2.43. The van der Waals surface area contributed by atoms with Crippen molar-refractivity contribution in [3.8, 4) is 45.3 Å². The number of para-hydroxylation sites is 5. The van der Waals surface area contributed by atoms with Gasteiger partial charge in [-0.3, -0.25) is 0 Å². The average molecular weight is 1060 g/mol. The van der Waals surface area contributed by atoms with Crippen molar-refractivity contribution in [1.82, 2.24) is 14.1 Å². The molecule has 12 rings (SSSR count). The molecule has 0 bridgehead atoms. The first-order chi connectivity index (χ1) is 35.3. The molecule has 0 aliphatic carbocycles. The largest absolute Gasteiger partial charge is 0.509 e. The zero-order valence-corrected chi connectivity index (χ0v) is 44.6. The van der Waals surface area contributed by atoms with E-state index < -0.39 is 0 Å². The molecule has 8 aromatic carbocycles. The Labute approximate surface area is 449 Å². The van der Waals surface area contributed by atoms with E-state index in [1.807, 2.05) is 24.4 Å². The van der Waals surface area contributed by atoms with Gasteiger partial charge in [-0.2, -0.15) is 12.1 Å². The van der Waals surface area contributed by atoms with Crippen molar-refractivity contribution < 1.29 is 25.2 Å². The van der Waals surface area contributed by atoms with E-state index in [1.54, 1.807) is 0 Å². The van der Waals surface area contributed by atoms with E-state index in [1.165, 1.54) is 16.7 Å². The standard InChI is InChI=1S/C67H58N5O.Pd/c1-44(2)45-28-30-46(31-29-45)54-23-17-24-55(47-32-34-48(35-33-47)66(3,4)5)63(54)70-43-69(59-26-14-15-27-60(59)70)51-20-16-21-52(41-51)73-53-36-37-57-61(42-53)72(62-40-49(38-39-68-62)67(6,7)8)65-56-22-12-13-25-58(56)71(64(57)65)50-18-10-9-11-19-50;/h9-40,43-44H,1-8H3;/q-3;. The summed E-state index contributed by atoms with van der Waals surface area (Å²) in [5.41, 5.74) is 17.8. The second-order valence-electron chi connectivity index (χ2n) is 21.6. The van der Waals surface area contributed by atoms with Crippen LogP contribution in [0.3, 0.4) is 0 Å². The molecule has 0 N–H and O–H groups in total. The quantitative estimate of drug-likeness (QED) is 0.107. The number of aromatic nitrogens is 3. The number of fused-ring (bicyclic) bond motifs is 6. The minimum absolute atomic E-state index is 0. The van der Waals surface area contributed by atoms with Gasteiger partial charge in [0.2, 0.25) is 0 Å². The van der Waals surface area contributed by atoms with Crippen molar-refractivity contribution in [3.05, 3.63) is 230 Å². The van der Waals surface area contributed by atoms with E-state index in [9.17, 15) is 0 Å². The SMILES string of the molecule is CC(C)c1ccc(-c2cccc(-c3ccc(C(C)(C)C)cc3)c2N2[CH-]N(c3[c-]c(Oc4[c-]c5c(cc4)c4c(c6ccccc6n4-c4ccccc4)n5-c4cc(C(C)(C)C)ccn4)ccc3)c3ccccc32)cc1.[Pd]. The van der Waals surface area contributed by atoms with Crippen LogP contribution < -0.4 is 14.5 Å². The Bertz CT molecular complexity index is 3860. The van der Waals surface area contributed by atoms with Crippen molar-refractivity contribution in [2.75, 3.05) is 9.80 Å². The van der Waals surface area contributed by atoms with E-state index in [-0.39, 0.29) is 31.3 Å². The predicted octanol–water partition coefficient (Wildman–Crippen LogP) is 18.0. The molecule has 11 aromatic rings. The van der Waals surface area contributed by atoms with Gasteiger partial charge in [-0.1, -0.05) is 182 Å². The van der Waals surface area contributed by atoms with Crippen LogP contribution in [0.25, 0.3) is 66.6 Å². The van der Waals surface area contributed by atoms with Gasteiger partial charge in [0.1, 0.15) is 5.82 Å². The summed E-state index contributed by atoms with van der Waals surface area (Å²) in [6.45, 7) is 20.2. The second-order valence-corrected chi connectivity index (χ2v) is 21.6. The smallest absolute Gasteiger partial charge is 0.135 e. The number of ether oxygens (including phenoxy) is 1. The topological polar surface area (TPSA) is 38.5 Å². The second kappa shape index (κ2) is 19.0. The van der Waals surface area contributed by atoms with Gasteiger partial charge >= 0.3 is 0 Å². The molecule has 0 saturated carbocycles. The van der Waals surface area contributed by atoms with Crippen LogP contribution in [0.5, 0.6) is 11.5 Å². The Morgan fingerprint density at radius 3 is 1.82 bits per heavy atom. The minimum atomic E-state index is -0.0788. The van der Waals surface area contributed by atoms with Crippen LogP contribution in [0.1, 0.15) is 78.0 Å². The molecule has 7 heteroatoms. The molecule has 1 aliphatic heterocycles. The summed E-state index contributed by atoms with van der Waals surface area (Å²) in [4.78, 5) is 9.61. The number of pyridine rings is 1. The van der Waals surface area contributed by atoms with E-state index in [0.717, 1.165) is 89.3 Å². The van der Waals surface area contributed by atoms with E-state index in [4.69, 9.17) is 9.72 Å². The van der Waals surface area contributed by atoms with Gasteiger partial charge in [-0.25, -0.2) is 4.98 Å². The zero-order chi connectivity index (χ0) is 50.2. The van der Waals surface area contributed by atoms with Crippen molar-refractivity contribution >= 4 is 55.6 Å². The van der Waals surface area contributed by atoms with Crippen LogP contribution >= 0.6 is 0 Å². The fourth-order valence-corrected chi connectivity index (χ4v) is 10.5. The van der Waals surface area contributed by atoms with Crippen LogP contribution in [0.15, 0.2) is 194 Å². The first-order valence-electron chi connectivity index (χ1n) is 25.4. The van der Waals surface area contributed by atoms with Crippen molar-refractivity contribution in [2.45, 2.75) is 72.1 Å². The molecule has 3 aromatic heterocycles. The van der Waals surface area contributed by atoms with E-state index in [0.29, 0.717) is 17.4 Å². The minimum Gasteiger partial charge on any atom is -0.509 e. The number of nitrogens with zero attached hydrogens (tertiary/aromatic N) is 5. The van der Waals surface area contributed by atoms with Crippen LogP contribution in [0.4, 0.5) is 22.7 Å². The maximum atomic E-state index is 6.84. The normalized spacial score (nSPS) is 12.8. The first kappa shape index (κ1) is 48.6.